The SMILES string of the molecule is CCC(NC(=O)CN(c1ccc(OC)cc1)S(=O)(=O)c1ccccc1)c1ccccc1. The summed E-state index contributed by atoms with van der Waals surface area (Å²) in [5, 5.41) is 2.96. The molecule has 6 nitrogen and oxygen atoms in total. The molecule has 0 aliphatic carbocycles. The number of carbonyl (C=O) groups is 1. The average molecular weight is 439 g/mol. The number of hydrogen-bond donors (Lipinski definition) is 1. The number of amides is 1. The van der Waals surface area contributed by atoms with E-state index in [1.165, 1.54) is 19.2 Å². The largest absolute Gasteiger partial charge is 0.497 e. The maximum absolute atomic E-state index is 13.4. The number of rotatable bonds is 9. The van der Waals surface area contributed by atoms with Crippen molar-refractivity contribution in [2.24, 2.45) is 0 Å². The Balaban J connectivity index is 1.90. The van der Waals surface area contributed by atoms with Crippen LogP contribution in [0.2, 0.25) is 0 Å². The summed E-state index contributed by atoms with van der Waals surface area (Å²) in [6, 6.07) is 24.1. The molecule has 0 bridgehead atoms. The Labute approximate surface area is 183 Å². The van der Waals surface area contributed by atoms with E-state index in [-0.39, 0.29) is 23.4 Å². The third-order valence-electron chi connectivity index (χ3n) is 4.92. The molecule has 0 spiro atoms. The van der Waals surface area contributed by atoms with Crippen molar-refractivity contribution in [2.45, 2.75) is 24.3 Å². The van der Waals surface area contributed by atoms with Crippen molar-refractivity contribution >= 4 is 21.6 Å². The molecule has 0 fully saturated rings. The van der Waals surface area contributed by atoms with Crippen LogP contribution in [0.4, 0.5) is 5.69 Å². The zero-order chi connectivity index (χ0) is 22.3. The molecule has 0 heterocycles. The maximum Gasteiger partial charge on any atom is 0.264 e. The van der Waals surface area contributed by atoms with Gasteiger partial charge in [-0.2, -0.15) is 0 Å². The van der Waals surface area contributed by atoms with Gasteiger partial charge in [0.1, 0.15) is 12.3 Å². The van der Waals surface area contributed by atoms with Gasteiger partial charge in [-0.15, -0.1) is 0 Å². The number of nitrogens with one attached hydrogen (secondary N) is 1. The first kappa shape index (κ1) is 22.4. The highest BCUT2D eigenvalue weighted by Crippen LogP contribution is 2.26. The summed E-state index contributed by atoms with van der Waals surface area (Å²) >= 11 is 0. The molecule has 1 unspecified atom stereocenters. The Morgan fingerprint density at radius 3 is 2.06 bits per heavy atom. The third-order valence-corrected chi connectivity index (χ3v) is 6.71. The van der Waals surface area contributed by atoms with Gasteiger partial charge < -0.3 is 10.1 Å². The molecule has 0 aromatic heterocycles. The van der Waals surface area contributed by atoms with Crippen molar-refractivity contribution in [1.82, 2.24) is 5.32 Å². The van der Waals surface area contributed by atoms with E-state index in [1.807, 2.05) is 37.3 Å². The van der Waals surface area contributed by atoms with E-state index >= 15 is 0 Å². The average Bonchev–Trinajstić information content (AvgIpc) is 2.82. The van der Waals surface area contributed by atoms with Crippen molar-refractivity contribution in [1.29, 1.82) is 0 Å². The van der Waals surface area contributed by atoms with Crippen LogP contribution in [0.15, 0.2) is 89.8 Å². The van der Waals surface area contributed by atoms with Gasteiger partial charge in [-0.1, -0.05) is 55.5 Å². The monoisotopic (exact) mass is 438 g/mol. The molecular formula is C24H26N2O4S. The molecule has 0 saturated carbocycles. The number of hydrogen-bond acceptors (Lipinski definition) is 4. The highest BCUT2D eigenvalue weighted by molar-refractivity contribution is 7.92. The number of anilines is 1. The van der Waals surface area contributed by atoms with Gasteiger partial charge in [-0.3, -0.25) is 9.10 Å². The summed E-state index contributed by atoms with van der Waals surface area (Å²) in [4.78, 5) is 13.0. The predicted molar refractivity (Wildman–Crippen MR) is 122 cm³/mol. The topological polar surface area (TPSA) is 75.7 Å². The molecule has 0 saturated heterocycles. The maximum atomic E-state index is 13.4. The Bertz CT molecular complexity index is 1090. The van der Waals surface area contributed by atoms with E-state index in [0.717, 1.165) is 9.87 Å². The van der Waals surface area contributed by atoms with Crippen LogP contribution >= 0.6 is 0 Å². The first-order valence-corrected chi connectivity index (χ1v) is 11.5. The molecular weight excluding hydrogens is 412 g/mol. The lowest BCUT2D eigenvalue weighted by molar-refractivity contribution is -0.120. The minimum Gasteiger partial charge on any atom is -0.497 e. The van der Waals surface area contributed by atoms with E-state index < -0.39 is 10.0 Å². The van der Waals surface area contributed by atoms with Gasteiger partial charge in [0.25, 0.3) is 10.0 Å². The summed E-state index contributed by atoms with van der Waals surface area (Å²) in [5.74, 6) is 0.214. The van der Waals surface area contributed by atoms with Gasteiger partial charge in [0.15, 0.2) is 0 Å². The molecule has 0 radical (unpaired) electrons. The summed E-state index contributed by atoms with van der Waals surface area (Å²) in [7, 11) is -2.41. The molecule has 3 aromatic rings. The summed E-state index contributed by atoms with van der Waals surface area (Å²) in [5.41, 5.74) is 1.35. The predicted octanol–water partition coefficient (Wildman–Crippen LogP) is 4.16. The highest BCUT2D eigenvalue weighted by Gasteiger charge is 2.28. The first-order valence-electron chi connectivity index (χ1n) is 10.0. The van der Waals surface area contributed by atoms with E-state index in [1.54, 1.807) is 42.5 Å². The highest BCUT2D eigenvalue weighted by atomic mass is 32.2. The summed E-state index contributed by atoms with van der Waals surface area (Å²) in [6.45, 7) is 1.63. The summed E-state index contributed by atoms with van der Waals surface area (Å²) < 4.78 is 33.0. The van der Waals surface area contributed by atoms with Gasteiger partial charge in [0.05, 0.1) is 23.7 Å². The first-order chi connectivity index (χ1) is 15.0. The molecule has 3 rings (SSSR count). The second-order valence-electron chi connectivity index (χ2n) is 6.96. The molecule has 7 heteroatoms. The van der Waals surface area contributed by atoms with Crippen LogP contribution in [0, 0.1) is 0 Å². The van der Waals surface area contributed by atoms with Crippen molar-refractivity contribution in [3.63, 3.8) is 0 Å². The number of ether oxygens (including phenoxy) is 1. The van der Waals surface area contributed by atoms with E-state index in [9.17, 15) is 13.2 Å². The minimum atomic E-state index is -3.94. The number of methoxy groups -OCH3 is 1. The Kier molecular flexibility index (Phi) is 7.31. The molecule has 162 valence electrons. The minimum absolute atomic E-state index is 0.119. The fourth-order valence-electron chi connectivity index (χ4n) is 3.26. The third kappa shape index (κ3) is 5.44. The Morgan fingerprint density at radius 2 is 1.52 bits per heavy atom. The van der Waals surface area contributed by atoms with Crippen LogP contribution < -0.4 is 14.4 Å². The van der Waals surface area contributed by atoms with Crippen LogP contribution in [0.5, 0.6) is 5.75 Å². The Morgan fingerprint density at radius 1 is 0.935 bits per heavy atom. The number of sulfonamides is 1. The second kappa shape index (κ2) is 10.1. The van der Waals surface area contributed by atoms with E-state index in [2.05, 4.69) is 5.32 Å². The van der Waals surface area contributed by atoms with Gasteiger partial charge in [0, 0.05) is 0 Å². The molecule has 1 atom stereocenters. The number of nitrogens with zero attached hydrogens (tertiary/aromatic N) is 1. The zero-order valence-corrected chi connectivity index (χ0v) is 18.4. The standard InChI is InChI=1S/C24H26N2O4S/c1-3-23(19-10-6-4-7-11-19)25-24(27)18-26(20-14-16-21(30-2)17-15-20)31(28,29)22-12-8-5-9-13-22/h4-17,23H,3,18H2,1-2H3,(H,25,27). The van der Waals surface area contributed by atoms with Crippen LogP contribution in [-0.2, 0) is 14.8 Å². The molecule has 3 aromatic carbocycles. The normalized spacial score (nSPS) is 12.1. The quantitative estimate of drug-likeness (QED) is 0.544. The fourth-order valence-corrected chi connectivity index (χ4v) is 4.70. The molecule has 0 aliphatic heterocycles. The number of carbonyl (C=O) groups excluding carboxylic acids is 1. The second-order valence-corrected chi connectivity index (χ2v) is 8.82. The lowest BCUT2D eigenvalue weighted by Gasteiger charge is -2.26. The zero-order valence-electron chi connectivity index (χ0n) is 17.6. The van der Waals surface area contributed by atoms with Crippen LogP contribution in [0.3, 0.4) is 0 Å². The molecule has 31 heavy (non-hydrogen) atoms. The fraction of sp³-hybridized carbons (Fsp3) is 0.208. The van der Waals surface area contributed by atoms with Gasteiger partial charge >= 0.3 is 0 Å². The number of benzene rings is 3. The van der Waals surface area contributed by atoms with Gasteiger partial charge in [-0.25, -0.2) is 8.42 Å². The van der Waals surface area contributed by atoms with Crippen LogP contribution in [0.25, 0.3) is 0 Å². The smallest absolute Gasteiger partial charge is 0.264 e. The molecule has 1 N–H and O–H groups in total. The summed E-state index contributed by atoms with van der Waals surface area (Å²) in [6.07, 6.45) is 0.684. The van der Waals surface area contributed by atoms with Crippen molar-refractivity contribution in [2.75, 3.05) is 18.0 Å². The molecule has 1 amide bonds. The van der Waals surface area contributed by atoms with Crippen LogP contribution in [0.1, 0.15) is 24.9 Å². The lowest BCUT2D eigenvalue weighted by atomic mass is 10.0. The molecule has 0 aliphatic rings. The van der Waals surface area contributed by atoms with Gasteiger partial charge in [-0.05, 0) is 48.4 Å². The van der Waals surface area contributed by atoms with E-state index in [4.69, 9.17) is 4.74 Å². The van der Waals surface area contributed by atoms with Crippen molar-refractivity contribution in [3.05, 3.63) is 90.5 Å². The van der Waals surface area contributed by atoms with Crippen molar-refractivity contribution < 1.29 is 17.9 Å². The van der Waals surface area contributed by atoms with Crippen LogP contribution in [-0.4, -0.2) is 28.0 Å². The van der Waals surface area contributed by atoms with Crippen molar-refractivity contribution in [3.8, 4) is 5.75 Å². The Hall–Kier alpha value is -3.32. The lowest BCUT2D eigenvalue weighted by Crippen LogP contribution is -2.42. The van der Waals surface area contributed by atoms with E-state index in [0.29, 0.717) is 17.9 Å². The van der Waals surface area contributed by atoms with Gasteiger partial charge in [0.2, 0.25) is 5.91 Å².